The number of amides is 1. The molecule has 0 unspecified atom stereocenters. The third kappa shape index (κ3) is 2.30. The highest BCUT2D eigenvalue weighted by molar-refractivity contribution is 6.04. The van der Waals surface area contributed by atoms with E-state index in [0.717, 1.165) is 18.7 Å². The molecule has 1 aliphatic rings. The number of benzene rings is 2. The average Bonchev–Trinajstić information content (AvgIpc) is 2.90. The number of para-hydroxylation sites is 1. The van der Waals surface area contributed by atoms with Crippen LogP contribution in [0.15, 0.2) is 36.4 Å². The van der Waals surface area contributed by atoms with E-state index in [1.54, 1.807) is 25.1 Å². The Morgan fingerprint density at radius 1 is 1.20 bits per heavy atom. The van der Waals surface area contributed by atoms with E-state index >= 15 is 0 Å². The smallest absolute Gasteiger partial charge is 0.255 e. The Bertz CT molecular complexity index is 662. The third-order valence-electron chi connectivity index (χ3n) is 3.56. The third-order valence-corrected chi connectivity index (χ3v) is 3.56. The van der Waals surface area contributed by atoms with Gasteiger partial charge in [-0.2, -0.15) is 0 Å². The minimum Gasteiger partial charge on any atom is -0.319 e. The van der Waals surface area contributed by atoms with Gasteiger partial charge in [-0.15, -0.1) is 0 Å². The molecule has 20 heavy (non-hydrogen) atoms. The second-order valence-corrected chi connectivity index (χ2v) is 4.97. The summed E-state index contributed by atoms with van der Waals surface area (Å²) in [5.41, 5.74) is 3.85. The first-order valence-electron chi connectivity index (χ1n) is 6.54. The van der Waals surface area contributed by atoms with E-state index in [9.17, 15) is 9.18 Å². The van der Waals surface area contributed by atoms with Gasteiger partial charge >= 0.3 is 0 Å². The van der Waals surface area contributed by atoms with Crippen molar-refractivity contribution < 1.29 is 9.18 Å². The van der Waals surface area contributed by atoms with Crippen molar-refractivity contribution in [3.8, 4) is 0 Å². The van der Waals surface area contributed by atoms with E-state index < -0.39 is 5.82 Å². The standard InChI is InChI=1S/C16H15FN2O/c1-10-3-2-4-14(17)15(10)19-16(20)11-5-6-12-8-18-9-13(12)7-11/h2-7,18H,8-9H2,1H3,(H,19,20). The van der Waals surface area contributed by atoms with E-state index in [4.69, 9.17) is 0 Å². The lowest BCUT2D eigenvalue weighted by molar-refractivity contribution is 0.102. The zero-order valence-corrected chi connectivity index (χ0v) is 11.2. The summed E-state index contributed by atoms with van der Waals surface area (Å²) in [7, 11) is 0. The summed E-state index contributed by atoms with van der Waals surface area (Å²) in [4.78, 5) is 12.2. The number of halogens is 1. The zero-order chi connectivity index (χ0) is 14.1. The molecule has 0 bridgehead atoms. The molecule has 2 N–H and O–H groups in total. The van der Waals surface area contributed by atoms with Gasteiger partial charge in [0.1, 0.15) is 5.82 Å². The second kappa shape index (κ2) is 5.06. The highest BCUT2D eigenvalue weighted by atomic mass is 19.1. The minimum atomic E-state index is -0.416. The quantitative estimate of drug-likeness (QED) is 0.880. The van der Waals surface area contributed by atoms with Gasteiger partial charge in [-0.1, -0.05) is 18.2 Å². The van der Waals surface area contributed by atoms with Crippen LogP contribution in [0, 0.1) is 12.7 Å². The lowest BCUT2D eigenvalue weighted by Crippen LogP contribution is -2.14. The van der Waals surface area contributed by atoms with Gasteiger partial charge in [0.25, 0.3) is 5.91 Å². The fourth-order valence-electron chi connectivity index (χ4n) is 2.41. The van der Waals surface area contributed by atoms with Gasteiger partial charge in [-0.3, -0.25) is 4.79 Å². The number of hydrogen-bond donors (Lipinski definition) is 2. The summed E-state index contributed by atoms with van der Waals surface area (Å²) < 4.78 is 13.7. The Labute approximate surface area is 116 Å². The minimum absolute atomic E-state index is 0.246. The monoisotopic (exact) mass is 270 g/mol. The van der Waals surface area contributed by atoms with Gasteiger partial charge in [0.15, 0.2) is 0 Å². The molecule has 2 aromatic rings. The van der Waals surface area contributed by atoms with Gasteiger partial charge in [-0.05, 0) is 41.8 Å². The Hall–Kier alpha value is -2.20. The molecule has 1 amide bonds. The van der Waals surface area contributed by atoms with Crippen molar-refractivity contribution in [3.05, 3.63) is 64.5 Å². The molecule has 0 saturated heterocycles. The Kier molecular flexibility index (Phi) is 3.24. The van der Waals surface area contributed by atoms with E-state index in [2.05, 4.69) is 10.6 Å². The number of nitrogens with one attached hydrogen (secondary N) is 2. The maximum Gasteiger partial charge on any atom is 0.255 e. The lowest BCUT2D eigenvalue weighted by Gasteiger charge is -2.10. The van der Waals surface area contributed by atoms with Crippen LogP contribution in [-0.4, -0.2) is 5.91 Å². The molecular weight excluding hydrogens is 255 g/mol. The van der Waals surface area contributed by atoms with Crippen LogP contribution in [0.4, 0.5) is 10.1 Å². The van der Waals surface area contributed by atoms with Gasteiger partial charge in [0.05, 0.1) is 5.69 Å². The number of rotatable bonds is 2. The van der Waals surface area contributed by atoms with Crippen molar-refractivity contribution in [2.75, 3.05) is 5.32 Å². The Morgan fingerprint density at radius 2 is 2.00 bits per heavy atom. The molecule has 0 saturated carbocycles. The van der Waals surface area contributed by atoms with Gasteiger partial charge in [0, 0.05) is 18.7 Å². The van der Waals surface area contributed by atoms with Crippen molar-refractivity contribution in [2.24, 2.45) is 0 Å². The topological polar surface area (TPSA) is 41.1 Å². The Morgan fingerprint density at radius 3 is 2.80 bits per heavy atom. The van der Waals surface area contributed by atoms with Crippen molar-refractivity contribution in [3.63, 3.8) is 0 Å². The van der Waals surface area contributed by atoms with Crippen LogP contribution < -0.4 is 10.6 Å². The molecule has 1 heterocycles. The molecular formula is C16H15FN2O. The van der Waals surface area contributed by atoms with Crippen LogP contribution in [0.3, 0.4) is 0 Å². The molecule has 0 atom stereocenters. The SMILES string of the molecule is Cc1cccc(F)c1NC(=O)c1ccc2c(c1)CNC2. The van der Waals surface area contributed by atoms with Crippen LogP contribution >= 0.6 is 0 Å². The first-order valence-corrected chi connectivity index (χ1v) is 6.54. The van der Waals surface area contributed by atoms with Crippen molar-refractivity contribution in [1.82, 2.24) is 5.32 Å². The predicted molar refractivity (Wildman–Crippen MR) is 76.1 cm³/mol. The van der Waals surface area contributed by atoms with Crippen LogP contribution in [0.25, 0.3) is 0 Å². The highest BCUT2D eigenvalue weighted by Crippen LogP contribution is 2.21. The molecule has 0 aliphatic carbocycles. The van der Waals surface area contributed by atoms with Gasteiger partial charge in [0.2, 0.25) is 0 Å². The molecule has 1 aliphatic heterocycles. The largest absolute Gasteiger partial charge is 0.319 e. The van der Waals surface area contributed by atoms with Crippen molar-refractivity contribution >= 4 is 11.6 Å². The van der Waals surface area contributed by atoms with E-state index in [1.807, 2.05) is 12.1 Å². The first-order chi connectivity index (χ1) is 9.65. The lowest BCUT2D eigenvalue weighted by atomic mass is 10.1. The Balaban J connectivity index is 1.86. The molecule has 0 fully saturated rings. The summed E-state index contributed by atoms with van der Waals surface area (Å²) in [6.07, 6.45) is 0. The molecule has 3 rings (SSSR count). The van der Waals surface area contributed by atoms with Crippen LogP contribution in [0.5, 0.6) is 0 Å². The molecule has 0 spiro atoms. The summed E-state index contributed by atoms with van der Waals surface area (Å²) in [6, 6.07) is 10.3. The number of aryl methyl sites for hydroxylation is 1. The number of carbonyl (C=O) groups excluding carboxylic acids is 1. The second-order valence-electron chi connectivity index (χ2n) is 4.97. The molecule has 0 aromatic heterocycles. The summed E-state index contributed by atoms with van der Waals surface area (Å²) in [5.74, 6) is -0.700. The highest BCUT2D eigenvalue weighted by Gasteiger charge is 2.15. The van der Waals surface area contributed by atoms with Crippen LogP contribution in [0.2, 0.25) is 0 Å². The number of fused-ring (bicyclic) bond motifs is 1. The van der Waals surface area contributed by atoms with E-state index in [0.29, 0.717) is 11.1 Å². The molecule has 102 valence electrons. The predicted octanol–water partition coefficient (Wildman–Crippen LogP) is 2.99. The van der Waals surface area contributed by atoms with Crippen LogP contribution in [-0.2, 0) is 13.1 Å². The summed E-state index contributed by atoms with van der Waals surface area (Å²) in [5, 5.41) is 5.88. The average molecular weight is 270 g/mol. The maximum atomic E-state index is 13.7. The van der Waals surface area contributed by atoms with Crippen molar-refractivity contribution in [1.29, 1.82) is 0 Å². The number of carbonyl (C=O) groups is 1. The molecule has 0 radical (unpaired) electrons. The van der Waals surface area contributed by atoms with Crippen molar-refractivity contribution in [2.45, 2.75) is 20.0 Å². The maximum absolute atomic E-state index is 13.7. The van der Waals surface area contributed by atoms with E-state index in [1.165, 1.54) is 11.6 Å². The fourth-order valence-corrected chi connectivity index (χ4v) is 2.41. The zero-order valence-electron chi connectivity index (χ0n) is 11.2. The summed E-state index contributed by atoms with van der Waals surface area (Å²) >= 11 is 0. The van der Waals surface area contributed by atoms with Gasteiger partial charge in [-0.25, -0.2) is 4.39 Å². The van der Waals surface area contributed by atoms with Crippen LogP contribution in [0.1, 0.15) is 27.0 Å². The molecule has 2 aromatic carbocycles. The molecule has 3 nitrogen and oxygen atoms in total. The normalized spacial score (nSPS) is 13.1. The summed E-state index contributed by atoms with van der Waals surface area (Å²) in [6.45, 7) is 3.38. The van der Waals surface area contributed by atoms with E-state index in [-0.39, 0.29) is 11.6 Å². The fraction of sp³-hybridized carbons (Fsp3) is 0.188. The molecule has 4 heteroatoms. The van der Waals surface area contributed by atoms with Gasteiger partial charge < -0.3 is 10.6 Å². The number of hydrogen-bond acceptors (Lipinski definition) is 2. The first kappa shape index (κ1) is 12.8. The number of anilines is 1.